The fourth-order valence-electron chi connectivity index (χ4n) is 2.06. The van der Waals surface area contributed by atoms with Crippen LogP contribution in [-0.2, 0) is 0 Å². The van der Waals surface area contributed by atoms with E-state index >= 15 is 0 Å². The van der Waals surface area contributed by atoms with Gasteiger partial charge in [-0.25, -0.2) is 0 Å². The number of unbranched alkanes of at least 4 members (excludes halogenated alkanes) is 1. The Bertz CT molecular complexity index is 205. The molecule has 0 saturated heterocycles. The molecule has 0 atom stereocenters. The Balaban J connectivity index is 1.94. The highest BCUT2D eigenvalue weighted by Crippen LogP contribution is 2.27. The van der Waals surface area contributed by atoms with Crippen molar-refractivity contribution in [2.45, 2.75) is 38.2 Å². The Hall–Kier alpha value is -0.190. The van der Waals surface area contributed by atoms with Crippen LogP contribution in [0.1, 0.15) is 32.1 Å². The SMILES string of the molecule is CN(CCCCC(N)=S)CC1CC(O)C1. The zero-order valence-corrected chi connectivity index (χ0v) is 10.3. The third-order valence-corrected chi connectivity index (χ3v) is 3.20. The van der Waals surface area contributed by atoms with Crippen molar-refractivity contribution in [2.24, 2.45) is 11.7 Å². The molecule has 0 aromatic heterocycles. The predicted molar refractivity (Wildman–Crippen MR) is 66.9 cm³/mol. The molecule has 4 heteroatoms. The molecule has 0 bridgehead atoms. The predicted octanol–water partition coefficient (Wildman–Crippen LogP) is 1.15. The first-order chi connectivity index (χ1) is 7.08. The van der Waals surface area contributed by atoms with Crippen LogP contribution < -0.4 is 5.73 Å². The van der Waals surface area contributed by atoms with Gasteiger partial charge in [0.05, 0.1) is 11.1 Å². The maximum Gasteiger partial charge on any atom is 0.0727 e. The summed E-state index contributed by atoms with van der Waals surface area (Å²) in [4.78, 5) is 2.97. The molecular formula is C11H22N2OS. The molecule has 1 fully saturated rings. The molecule has 1 rings (SSSR count). The maximum atomic E-state index is 9.16. The Morgan fingerprint density at radius 1 is 1.47 bits per heavy atom. The van der Waals surface area contributed by atoms with Gasteiger partial charge in [0.15, 0.2) is 0 Å². The van der Waals surface area contributed by atoms with E-state index in [4.69, 9.17) is 23.1 Å². The largest absolute Gasteiger partial charge is 0.393 e. The third kappa shape index (κ3) is 5.44. The highest BCUT2D eigenvalue weighted by molar-refractivity contribution is 7.80. The zero-order valence-electron chi connectivity index (χ0n) is 9.48. The fourth-order valence-corrected chi connectivity index (χ4v) is 2.21. The Labute approximate surface area is 97.6 Å². The minimum absolute atomic E-state index is 0.0296. The molecule has 1 aliphatic rings. The van der Waals surface area contributed by atoms with Crippen LogP contribution in [0.5, 0.6) is 0 Å². The molecule has 3 nitrogen and oxygen atoms in total. The van der Waals surface area contributed by atoms with Crippen molar-refractivity contribution in [1.82, 2.24) is 4.90 Å². The monoisotopic (exact) mass is 230 g/mol. The van der Waals surface area contributed by atoms with Gasteiger partial charge in [-0.3, -0.25) is 0 Å². The topological polar surface area (TPSA) is 49.5 Å². The van der Waals surface area contributed by atoms with E-state index in [1.54, 1.807) is 0 Å². The van der Waals surface area contributed by atoms with E-state index in [9.17, 15) is 0 Å². The average molecular weight is 230 g/mol. The van der Waals surface area contributed by atoms with Crippen LogP contribution in [0.3, 0.4) is 0 Å². The summed E-state index contributed by atoms with van der Waals surface area (Å²) in [6.07, 6.45) is 5.05. The van der Waals surface area contributed by atoms with Gasteiger partial charge < -0.3 is 15.7 Å². The highest BCUT2D eigenvalue weighted by Gasteiger charge is 2.27. The summed E-state index contributed by atoms with van der Waals surface area (Å²) in [6, 6.07) is 0. The van der Waals surface area contributed by atoms with Gasteiger partial charge in [0.2, 0.25) is 0 Å². The standard InChI is InChI=1S/C11H22N2OS/c1-13(5-3-2-4-11(12)15)8-9-6-10(14)7-9/h9-10,14H,2-8H2,1H3,(H2,12,15). The van der Waals surface area contributed by atoms with Crippen LogP contribution in [0.15, 0.2) is 0 Å². The van der Waals surface area contributed by atoms with Crippen molar-refractivity contribution in [3.05, 3.63) is 0 Å². The van der Waals surface area contributed by atoms with E-state index in [-0.39, 0.29) is 6.10 Å². The summed E-state index contributed by atoms with van der Waals surface area (Å²) < 4.78 is 0. The van der Waals surface area contributed by atoms with Crippen molar-refractivity contribution in [3.63, 3.8) is 0 Å². The summed E-state index contributed by atoms with van der Waals surface area (Å²) in [5.41, 5.74) is 5.43. The molecule has 0 spiro atoms. The number of hydrogen-bond donors (Lipinski definition) is 2. The molecule has 15 heavy (non-hydrogen) atoms. The minimum atomic E-state index is -0.0296. The lowest BCUT2D eigenvalue weighted by molar-refractivity contribution is 0.0282. The van der Waals surface area contributed by atoms with Crippen molar-refractivity contribution in [3.8, 4) is 0 Å². The molecule has 3 N–H and O–H groups in total. The van der Waals surface area contributed by atoms with Crippen LogP contribution in [-0.4, -0.2) is 41.2 Å². The number of aliphatic hydroxyl groups excluding tert-OH is 1. The van der Waals surface area contributed by atoms with Gasteiger partial charge in [0.1, 0.15) is 0 Å². The molecule has 0 unspecified atom stereocenters. The Morgan fingerprint density at radius 2 is 2.13 bits per heavy atom. The molecular weight excluding hydrogens is 208 g/mol. The summed E-state index contributed by atoms with van der Waals surface area (Å²) in [5, 5.41) is 9.16. The second kappa shape index (κ2) is 6.40. The Morgan fingerprint density at radius 3 is 2.67 bits per heavy atom. The number of rotatable bonds is 7. The normalized spacial score (nSPS) is 25.3. The zero-order chi connectivity index (χ0) is 11.3. The smallest absolute Gasteiger partial charge is 0.0727 e. The second-order valence-corrected chi connectivity index (χ2v) is 5.20. The van der Waals surface area contributed by atoms with E-state index in [0.29, 0.717) is 10.9 Å². The first-order valence-corrected chi connectivity index (χ1v) is 6.13. The number of nitrogens with zero attached hydrogens (tertiary/aromatic N) is 1. The summed E-state index contributed by atoms with van der Waals surface area (Å²) in [5.74, 6) is 0.709. The van der Waals surface area contributed by atoms with Gasteiger partial charge in [-0.2, -0.15) is 0 Å². The Kier molecular flexibility index (Phi) is 5.50. The van der Waals surface area contributed by atoms with Crippen molar-refractivity contribution >= 4 is 17.2 Å². The summed E-state index contributed by atoms with van der Waals surface area (Å²) in [7, 11) is 2.14. The van der Waals surface area contributed by atoms with Gasteiger partial charge >= 0.3 is 0 Å². The van der Waals surface area contributed by atoms with Crippen LogP contribution in [0, 0.1) is 5.92 Å². The van der Waals surface area contributed by atoms with Gasteiger partial charge in [-0.05, 0) is 51.6 Å². The van der Waals surface area contributed by atoms with Crippen LogP contribution in [0.25, 0.3) is 0 Å². The number of thiocarbonyl (C=S) groups is 1. The van der Waals surface area contributed by atoms with Gasteiger partial charge in [0.25, 0.3) is 0 Å². The van der Waals surface area contributed by atoms with Gasteiger partial charge in [-0.1, -0.05) is 12.2 Å². The average Bonchev–Trinajstić information content (AvgIpc) is 2.10. The van der Waals surface area contributed by atoms with Crippen LogP contribution in [0.4, 0.5) is 0 Å². The molecule has 88 valence electrons. The second-order valence-electron chi connectivity index (χ2n) is 4.68. The molecule has 1 saturated carbocycles. The first-order valence-electron chi connectivity index (χ1n) is 5.73. The summed E-state index contributed by atoms with van der Waals surface area (Å²) >= 11 is 4.82. The lowest BCUT2D eigenvalue weighted by Crippen LogP contribution is -2.37. The van der Waals surface area contributed by atoms with Crippen molar-refractivity contribution in [2.75, 3.05) is 20.1 Å². The van der Waals surface area contributed by atoms with Crippen molar-refractivity contribution < 1.29 is 5.11 Å². The first kappa shape index (κ1) is 12.9. The molecule has 0 radical (unpaired) electrons. The van der Waals surface area contributed by atoms with Gasteiger partial charge in [-0.15, -0.1) is 0 Å². The number of aliphatic hydroxyl groups is 1. The molecule has 0 heterocycles. The summed E-state index contributed by atoms with van der Waals surface area (Å²) in [6.45, 7) is 2.22. The van der Waals surface area contributed by atoms with Crippen LogP contribution >= 0.6 is 12.2 Å². The molecule has 1 aliphatic carbocycles. The lowest BCUT2D eigenvalue weighted by Gasteiger charge is -2.34. The molecule has 0 aliphatic heterocycles. The van der Waals surface area contributed by atoms with E-state index < -0.39 is 0 Å². The third-order valence-electron chi connectivity index (χ3n) is 2.99. The van der Waals surface area contributed by atoms with E-state index in [1.807, 2.05) is 0 Å². The van der Waals surface area contributed by atoms with E-state index in [0.717, 1.165) is 45.2 Å². The molecule has 0 amide bonds. The fraction of sp³-hybridized carbons (Fsp3) is 0.909. The quantitative estimate of drug-likeness (QED) is 0.509. The van der Waals surface area contributed by atoms with Gasteiger partial charge in [0, 0.05) is 6.54 Å². The molecule has 0 aromatic carbocycles. The minimum Gasteiger partial charge on any atom is -0.393 e. The number of nitrogens with two attached hydrogens (primary N) is 1. The van der Waals surface area contributed by atoms with E-state index in [1.165, 1.54) is 0 Å². The van der Waals surface area contributed by atoms with Crippen molar-refractivity contribution in [1.29, 1.82) is 0 Å². The molecule has 0 aromatic rings. The maximum absolute atomic E-state index is 9.16. The lowest BCUT2D eigenvalue weighted by atomic mass is 9.82. The number of hydrogen-bond acceptors (Lipinski definition) is 3. The highest BCUT2D eigenvalue weighted by atomic mass is 32.1. The van der Waals surface area contributed by atoms with E-state index in [2.05, 4.69) is 11.9 Å². The van der Waals surface area contributed by atoms with Crippen LogP contribution in [0.2, 0.25) is 0 Å².